The third-order valence-electron chi connectivity index (χ3n) is 3.30. The molecule has 1 aromatic heterocycles. The third kappa shape index (κ3) is 3.87. The normalized spacial score (nSPS) is 11.0. The molecule has 0 saturated heterocycles. The highest BCUT2D eigenvalue weighted by Gasteiger charge is 2.03. The third-order valence-corrected chi connectivity index (χ3v) is 3.30. The summed E-state index contributed by atoms with van der Waals surface area (Å²) in [6.45, 7) is 8.42. The molecule has 0 amide bonds. The first-order valence-electron chi connectivity index (χ1n) is 7.32. The van der Waals surface area contributed by atoms with Gasteiger partial charge in [0.15, 0.2) is 5.82 Å². The Balaban J connectivity index is 2.05. The van der Waals surface area contributed by atoms with Crippen molar-refractivity contribution in [2.24, 2.45) is 0 Å². The van der Waals surface area contributed by atoms with E-state index in [9.17, 15) is 0 Å². The topological polar surface area (TPSA) is 37.8 Å². The van der Waals surface area contributed by atoms with Gasteiger partial charge in [0.05, 0.1) is 0 Å². The molecule has 2 aromatic rings. The lowest BCUT2D eigenvalue weighted by atomic mass is 10.0. The Hall–Kier alpha value is -1.74. The highest BCUT2D eigenvalue weighted by atomic mass is 14.9. The monoisotopic (exact) mass is 269 g/mol. The van der Waals surface area contributed by atoms with E-state index in [0.717, 1.165) is 36.5 Å². The van der Waals surface area contributed by atoms with E-state index in [1.165, 1.54) is 5.56 Å². The van der Waals surface area contributed by atoms with Gasteiger partial charge in [0, 0.05) is 30.1 Å². The largest absolute Gasteiger partial charge is 0.313 e. The van der Waals surface area contributed by atoms with Crippen LogP contribution in [-0.4, -0.2) is 16.5 Å². The summed E-state index contributed by atoms with van der Waals surface area (Å²) in [7, 11) is 0. The second kappa shape index (κ2) is 7.15. The molecule has 0 unspecified atom stereocenters. The van der Waals surface area contributed by atoms with Gasteiger partial charge >= 0.3 is 0 Å². The molecule has 1 N–H and O–H groups in total. The fraction of sp³-hybridized carbons (Fsp3) is 0.412. The van der Waals surface area contributed by atoms with E-state index in [2.05, 4.69) is 60.3 Å². The number of benzene rings is 1. The van der Waals surface area contributed by atoms with Crippen LogP contribution in [0.4, 0.5) is 0 Å². The minimum absolute atomic E-state index is 0.553. The summed E-state index contributed by atoms with van der Waals surface area (Å²) in [6, 6.07) is 8.50. The summed E-state index contributed by atoms with van der Waals surface area (Å²) in [5, 5.41) is 3.35. The first kappa shape index (κ1) is 14.7. The molecular weight excluding hydrogens is 246 g/mol. The zero-order valence-corrected chi connectivity index (χ0v) is 12.6. The number of nitrogens with one attached hydrogen (secondary N) is 1. The van der Waals surface area contributed by atoms with E-state index < -0.39 is 0 Å². The Bertz CT molecular complexity index is 515. The van der Waals surface area contributed by atoms with Crippen molar-refractivity contribution in [3.63, 3.8) is 0 Å². The smallest absolute Gasteiger partial charge is 0.159 e. The molecular formula is C17H23N3. The number of nitrogens with zero attached hydrogens (tertiary/aromatic N) is 2. The Labute approximate surface area is 121 Å². The summed E-state index contributed by atoms with van der Waals surface area (Å²) in [6.07, 6.45) is 4.95. The second-order valence-electron chi connectivity index (χ2n) is 5.37. The maximum atomic E-state index is 4.45. The van der Waals surface area contributed by atoms with Crippen LogP contribution in [0.5, 0.6) is 0 Å². The van der Waals surface area contributed by atoms with Crippen LogP contribution in [0.25, 0.3) is 11.4 Å². The number of aromatic nitrogens is 2. The van der Waals surface area contributed by atoms with Crippen molar-refractivity contribution in [2.45, 2.75) is 39.7 Å². The van der Waals surface area contributed by atoms with Gasteiger partial charge in [-0.05, 0) is 24.4 Å². The van der Waals surface area contributed by atoms with Crippen molar-refractivity contribution in [3.05, 3.63) is 47.8 Å². The molecule has 0 aliphatic carbocycles. The average molecular weight is 269 g/mol. The predicted molar refractivity (Wildman–Crippen MR) is 83.6 cm³/mol. The fourth-order valence-electron chi connectivity index (χ4n) is 2.02. The maximum absolute atomic E-state index is 4.45. The molecule has 1 aromatic carbocycles. The van der Waals surface area contributed by atoms with Gasteiger partial charge in [0.2, 0.25) is 0 Å². The Morgan fingerprint density at radius 3 is 2.25 bits per heavy atom. The van der Waals surface area contributed by atoms with Gasteiger partial charge in [0.25, 0.3) is 0 Å². The zero-order valence-electron chi connectivity index (χ0n) is 12.6. The van der Waals surface area contributed by atoms with E-state index in [1.54, 1.807) is 0 Å². The van der Waals surface area contributed by atoms with Crippen LogP contribution in [0.3, 0.4) is 0 Å². The van der Waals surface area contributed by atoms with Crippen molar-refractivity contribution >= 4 is 0 Å². The van der Waals surface area contributed by atoms with Crippen molar-refractivity contribution in [3.8, 4) is 11.4 Å². The summed E-state index contributed by atoms with van der Waals surface area (Å²) in [5.41, 5.74) is 3.54. The number of hydrogen-bond donors (Lipinski definition) is 1. The lowest BCUT2D eigenvalue weighted by molar-refractivity contribution is 0.672. The molecule has 20 heavy (non-hydrogen) atoms. The molecule has 0 spiro atoms. The van der Waals surface area contributed by atoms with Gasteiger partial charge in [-0.2, -0.15) is 0 Å². The summed E-state index contributed by atoms with van der Waals surface area (Å²) >= 11 is 0. The van der Waals surface area contributed by atoms with Gasteiger partial charge in [-0.1, -0.05) is 45.0 Å². The highest BCUT2D eigenvalue weighted by Crippen LogP contribution is 2.19. The highest BCUT2D eigenvalue weighted by molar-refractivity contribution is 5.55. The van der Waals surface area contributed by atoms with E-state index in [4.69, 9.17) is 0 Å². The second-order valence-corrected chi connectivity index (χ2v) is 5.37. The van der Waals surface area contributed by atoms with Crippen LogP contribution in [0.1, 0.15) is 44.2 Å². The van der Waals surface area contributed by atoms with Gasteiger partial charge in [-0.3, -0.25) is 0 Å². The van der Waals surface area contributed by atoms with Crippen LogP contribution in [0.2, 0.25) is 0 Å². The molecule has 0 fully saturated rings. The molecule has 2 rings (SSSR count). The van der Waals surface area contributed by atoms with Gasteiger partial charge in [-0.15, -0.1) is 0 Å². The summed E-state index contributed by atoms with van der Waals surface area (Å²) in [4.78, 5) is 8.90. The van der Waals surface area contributed by atoms with Crippen LogP contribution in [0.15, 0.2) is 36.7 Å². The van der Waals surface area contributed by atoms with Crippen LogP contribution in [0, 0.1) is 0 Å². The molecule has 0 aliphatic heterocycles. The lowest BCUT2D eigenvalue weighted by Gasteiger charge is -2.07. The van der Waals surface area contributed by atoms with E-state index in [0.29, 0.717) is 5.92 Å². The fourth-order valence-corrected chi connectivity index (χ4v) is 2.02. The predicted octanol–water partition coefficient (Wildman–Crippen LogP) is 3.77. The van der Waals surface area contributed by atoms with Crippen LogP contribution < -0.4 is 5.32 Å². The van der Waals surface area contributed by atoms with Crippen molar-refractivity contribution in [1.29, 1.82) is 0 Å². The van der Waals surface area contributed by atoms with E-state index in [1.807, 2.05) is 12.4 Å². The Morgan fingerprint density at radius 1 is 1.05 bits per heavy atom. The Morgan fingerprint density at radius 2 is 1.70 bits per heavy atom. The molecule has 0 saturated carbocycles. The SMILES string of the molecule is CCCNCc1cnc(-c2ccc(C(C)C)cc2)nc1. The first-order chi connectivity index (χ1) is 9.70. The van der Waals surface area contributed by atoms with E-state index >= 15 is 0 Å². The molecule has 0 atom stereocenters. The first-order valence-corrected chi connectivity index (χ1v) is 7.32. The maximum Gasteiger partial charge on any atom is 0.159 e. The van der Waals surface area contributed by atoms with Crippen molar-refractivity contribution < 1.29 is 0 Å². The zero-order chi connectivity index (χ0) is 14.4. The van der Waals surface area contributed by atoms with E-state index in [-0.39, 0.29) is 0 Å². The van der Waals surface area contributed by atoms with Gasteiger partial charge < -0.3 is 5.32 Å². The molecule has 0 bridgehead atoms. The summed E-state index contributed by atoms with van der Waals surface area (Å²) in [5.74, 6) is 1.34. The minimum atomic E-state index is 0.553. The van der Waals surface area contributed by atoms with Crippen LogP contribution >= 0.6 is 0 Å². The quantitative estimate of drug-likeness (QED) is 0.811. The van der Waals surface area contributed by atoms with Crippen LogP contribution in [-0.2, 0) is 6.54 Å². The molecule has 3 heteroatoms. The van der Waals surface area contributed by atoms with Gasteiger partial charge in [0.1, 0.15) is 0 Å². The lowest BCUT2D eigenvalue weighted by Crippen LogP contribution is -2.14. The van der Waals surface area contributed by atoms with Gasteiger partial charge in [-0.25, -0.2) is 9.97 Å². The summed E-state index contributed by atoms with van der Waals surface area (Å²) < 4.78 is 0. The van der Waals surface area contributed by atoms with Crippen molar-refractivity contribution in [2.75, 3.05) is 6.54 Å². The molecule has 106 valence electrons. The average Bonchev–Trinajstić information content (AvgIpc) is 2.48. The Kier molecular flexibility index (Phi) is 5.24. The molecule has 0 radical (unpaired) electrons. The molecule has 1 heterocycles. The number of rotatable bonds is 6. The van der Waals surface area contributed by atoms with Crippen molar-refractivity contribution in [1.82, 2.24) is 15.3 Å². The standard InChI is InChI=1S/C17H23N3/c1-4-9-18-10-14-11-19-17(20-12-14)16-7-5-15(6-8-16)13(2)3/h5-8,11-13,18H,4,9-10H2,1-3H3. The molecule has 0 aliphatic rings. The minimum Gasteiger partial charge on any atom is -0.313 e. The number of hydrogen-bond acceptors (Lipinski definition) is 3. The molecule has 3 nitrogen and oxygen atoms in total.